The van der Waals surface area contributed by atoms with E-state index in [4.69, 9.17) is 4.74 Å². The Hall–Kier alpha value is -0.960. The Balaban J connectivity index is 2.02. The highest BCUT2D eigenvalue weighted by Crippen LogP contribution is 2.11. The molecule has 0 amide bonds. The summed E-state index contributed by atoms with van der Waals surface area (Å²) in [5.74, 6) is 0. The third-order valence-electron chi connectivity index (χ3n) is 2.76. The summed E-state index contributed by atoms with van der Waals surface area (Å²) in [5, 5.41) is 7.00. The summed E-state index contributed by atoms with van der Waals surface area (Å²) in [6.45, 7) is 2.42. The van der Waals surface area contributed by atoms with Crippen molar-refractivity contribution >= 4 is 10.0 Å². The maximum absolute atomic E-state index is 12.0. The van der Waals surface area contributed by atoms with Crippen molar-refractivity contribution in [2.45, 2.75) is 23.9 Å². The first kappa shape index (κ1) is 13.5. The van der Waals surface area contributed by atoms with Crippen LogP contribution in [0, 0.1) is 0 Å². The van der Waals surface area contributed by atoms with Crippen LogP contribution in [0.2, 0.25) is 0 Å². The van der Waals surface area contributed by atoms with Crippen LogP contribution in [-0.2, 0) is 21.3 Å². The molecule has 0 bridgehead atoms. The lowest BCUT2D eigenvalue weighted by Crippen LogP contribution is -2.34. The topological polar surface area (TPSA) is 85.2 Å². The summed E-state index contributed by atoms with van der Waals surface area (Å²) >= 11 is 0. The quantitative estimate of drug-likeness (QED) is 0.707. The molecule has 1 saturated heterocycles. The summed E-state index contributed by atoms with van der Waals surface area (Å²) in [6.07, 6.45) is 3.62. The zero-order valence-corrected chi connectivity index (χ0v) is 11.1. The van der Waals surface area contributed by atoms with Crippen LogP contribution in [0.5, 0.6) is 0 Å². The fraction of sp³-hybridized carbons (Fsp3) is 0.700. The molecule has 18 heavy (non-hydrogen) atoms. The summed E-state index contributed by atoms with van der Waals surface area (Å²) in [4.78, 5) is 0.200. The highest BCUT2D eigenvalue weighted by Gasteiger charge is 2.24. The van der Waals surface area contributed by atoms with Crippen molar-refractivity contribution in [2.75, 3.05) is 26.8 Å². The Morgan fingerprint density at radius 3 is 3.11 bits per heavy atom. The number of aromatic nitrogens is 2. The lowest BCUT2D eigenvalue weighted by atomic mass is 10.3. The van der Waals surface area contributed by atoms with Gasteiger partial charge in [0.2, 0.25) is 10.0 Å². The summed E-state index contributed by atoms with van der Waals surface area (Å²) in [6, 6.07) is -0.129. The third-order valence-corrected chi connectivity index (χ3v) is 4.24. The van der Waals surface area contributed by atoms with Gasteiger partial charge in [-0.15, -0.1) is 0 Å². The van der Waals surface area contributed by atoms with E-state index in [1.54, 1.807) is 4.68 Å². The Labute approximate surface area is 107 Å². The van der Waals surface area contributed by atoms with E-state index in [1.165, 1.54) is 12.4 Å². The first-order valence-corrected chi connectivity index (χ1v) is 7.37. The Morgan fingerprint density at radius 1 is 1.61 bits per heavy atom. The molecule has 2 heterocycles. The van der Waals surface area contributed by atoms with Crippen LogP contribution in [0.4, 0.5) is 0 Å². The summed E-state index contributed by atoms with van der Waals surface area (Å²) in [7, 11) is -1.65. The van der Waals surface area contributed by atoms with Crippen molar-refractivity contribution in [3.8, 4) is 0 Å². The molecular weight excluding hydrogens is 256 g/mol. The molecule has 1 aliphatic rings. The van der Waals surface area contributed by atoms with E-state index in [1.807, 2.05) is 7.05 Å². The number of ether oxygens (including phenoxy) is 1. The van der Waals surface area contributed by atoms with Gasteiger partial charge in [-0.1, -0.05) is 0 Å². The Bertz CT molecular complexity index is 479. The molecule has 1 aromatic rings. The van der Waals surface area contributed by atoms with Crippen molar-refractivity contribution < 1.29 is 13.2 Å². The molecule has 0 aliphatic carbocycles. The van der Waals surface area contributed by atoms with Gasteiger partial charge < -0.3 is 10.1 Å². The fourth-order valence-electron chi connectivity index (χ4n) is 1.75. The Morgan fingerprint density at radius 2 is 2.44 bits per heavy atom. The molecule has 0 saturated carbocycles. The minimum atomic E-state index is -3.48. The number of rotatable bonds is 6. The summed E-state index contributed by atoms with van der Waals surface area (Å²) in [5.41, 5.74) is 0. The third kappa shape index (κ3) is 3.29. The van der Waals surface area contributed by atoms with Gasteiger partial charge in [0.05, 0.1) is 19.3 Å². The molecule has 1 atom stereocenters. The number of nitrogens with zero attached hydrogens (tertiary/aromatic N) is 2. The van der Waals surface area contributed by atoms with E-state index in [9.17, 15) is 8.42 Å². The minimum Gasteiger partial charge on any atom is -0.380 e. The van der Waals surface area contributed by atoms with E-state index in [-0.39, 0.29) is 10.9 Å². The van der Waals surface area contributed by atoms with E-state index >= 15 is 0 Å². The van der Waals surface area contributed by atoms with Crippen molar-refractivity contribution in [3.05, 3.63) is 12.4 Å². The standard InChI is InChI=1S/C10H18N4O3S/c1-11-3-4-14-7-10(6-12-14)18(15,16)13-9-2-5-17-8-9/h6-7,9,11,13H,2-5,8H2,1H3. The van der Waals surface area contributed by atoms with Crippen molar-refractivity contribution in [1.29, 1.82) is 0 Å². The average molecular weight is 274 g/mol. The normalized spacial score (nSPS) is 20.4. The maximum Gasteiger partial charge on any atom is 0.244 e. The molecule has 2 N–H and O–H groups in total. The molecule has 0 spiro atoms. The first-order chi connectivity index (χ1) is 8.62. The molecule has 1 aromatic heterocycles. The lowest BCUT2D eigenvalue weighted by molar-refractivity contribution is 0.192. The summed E-state index contributed by atoms with van der Waals surface area (Å²) < 4.78 is 33.4. The Kier molecular flexibility index (Phi) is 4.33. The van der Waals surface area contributed by atoms with Gasteiger partial charge in [0, 0.05) is 25.4 Å². The van der Waals surface area contributed by atoms with Gasteiger partial charge in [-0.05, 0) is 13.5 Å². The highest BCUT2D eigenvalue weighted by molar-refractivity contribution is 7.89. The number of likely N-dealkylation sites (N-methyl/N-ethyl adjacent to an activating group) is 1. The molecular formula is C10H18N4O3S. The number of hydrogen-bond acceptors (Lipinski definition) is 5. The van der Waals surface area contributed by atoms with Crippen LogP contribution in [0.15, 0.2) is 17.3 Å². The molecule has 8 heteroatoms. The SMILES string of the molecule is CNCCn1cc(S(=O)(=O)NC2CCOC2)cn1. The van der Waals surface area contributed by atoms with E-state index in [0.29, 0.717) is 26.2 Å². The largest absolute Gasteiger partial charge is 0.380 e. The number of hydrogen-bond donors (Lipinski definition) is 2. The van der Waals surface area contributed by atoms with Crippen LogP contribution < -0.4 is 10.0 Å². The van der Waals surface area contributed by atoms with Gasteiger partial charge in [0.1, 0.15) is 4.90 Å². The van der Waals surface area contributed by atoms with Gasteiger partial charge >= 0.3 is 0 Å². The molecule has 1 fully saturated rings. The zero-order valence-electron chi connectivity index (χ0n) is 10.3. The molecule has 0 radical (unpaired) electrons. The smallest absolute Gasteiger partial charge is 0.244 e. The van der Waals surface area contributed by atoms with E-state index in [0.717, 1.165) is 6.54 Å². The minimum absolute atomic E-state index is 0.129. The van der Waals surface area contributed by atoms with E-state index in [2.05, 4.69) is 15.1 Å². The second-order valence-corrected chi connectivity index (χ2v) is 5.94. The van der Waals surface area contributed by atoms with Crippen LogP contribution in [0.1, 0.15) is 6.42 Å². The molecule has 102 valence electrons. The van der Waals surface area contributed by atoms with Crippen LogP contribution in [-0.4, -0.2) is 51.0 Å². The highest BCUT2D eigenvalue weighted by atomic mass is 32.2. The molecule has 1 unspecified atom stereocenters. The average Bonchev–Trinajstić information content (AvgIpc) is 2.96. The monoisotopic (exact) mass is 274 g/mol. The van der Waals surface area contributed by atoms with Gasteiger partial charge in [0.15, 0.2) is 0 Å². The molecule has 2 rings (SSSR count). The van der Waals surface area contributed by atoms with E-state index < -0.39 is 10.0 Å². The van der Waals surface area contributed by atoms with Gasteiger partial charge in [-0.25, -0.2) is 13.1 Å². The predicted molar refractivity (Wildman–Crippen MR) is 65.7 cm³/mol. The second kappa shape index (κ2) is 5.79. The van der Waals surface area contributed by atoms with Crippen molar-refractivity contribution in [1.82, 2.24) is 19.8 Å². The van der Waals surface area contributed by atoms with Gasteiger partial charge in [0.25, 0.3) is 0 Å². The fourth-order valence-corrected chi connectivity index (χ4v) is 2.95. The van der Waals surface area contributed by atoms with Gasteiger partial charge in [-0.3, -0.25) is 4.68 Å². The lowest BCUT2D eigenvalue weighted by Gasteiger charge is -2.09. The van der Waals surface area contributed by atoms with Crippen LogP contribution in [0.3, 0.4) is 0 Å². The zero-order chi connectivity index (χ0) is 13.0. The molecule has 7 nitrogen and oxygen atoms in total. The maximum atomic E-state index is 12.0. The van der Waals surface area contributed by atoms with Crippen molar-refractivity contribution in [2.24, 2.45) is 0 Å². The van der Waals surface area contributed by atoms with Crippen LogP contribution >= 0.6 is 0 Å². The molecule has 1 aliphatic heterocycles. The molecule has 0 aromatic carbocycles. The first-order valence-electron chi connectivity index (χ1n) is 5.89. The number of sulfonamides is 1. The van der Waals surface area contributed by atoms with Crippen molar-refractivity contribution in [3.63, 3.8) is 0 Å². The van der Waals surface area contributed by atoms with Gasteiger partial charge in [-0.2, -0.15) is 5.10 Å². The number of nitrogens with one attached hydrogen (secondary N) is 2. The predicted octanol–water partition coefficient (Wildman–Crippen LogP) is -0.830. The van der Waals surface area contributed by atoms with Crippen LogP contribution in [0.25, 0.3) is 0 Å². The second-order valence-electron chi connectivity index (χ2n) is 4.22.